The van der Waals surface area contributed by atoms with Gasteiger partial charge in [-0.15, -0.1) is 0 Å². The second kappa shape index (κ2) is 2.74. The van der Waals surface area contributed by atoms with Crippen molar-refractivity contribution >= 4 is 11.9 Å². The molecule has 0 aromatic heterocycles. The predicted octanol–water partition coefficient (Wildman–Crippen LogP) is 0.190. The maximum atomic E-state index is 10.7. The van der Waals surface area contributed by atoms with Gasteiger partial charge in [-0.25, -0.2) is 4.79 Å². The van der Waals surface area contributed by atoms with E-state index < -0.39 is 5.97 Å². The maximum Gasteiger partial charge on any atom is 0.328 e. The fraction of sp³-hybridized carbons (Fsp3) is 0.429. The SMILES string of the molecule is COC(=O)C1C/C1=C/C(=O)O. The van der Waals surface area contributed by atoms with Crippen LogP contribution in [0.5, 0.6) is 0 Å². The molecular weight excluding hydrogens is 148 g/mol. The summed E-state index contributed by atoms with van der Waals surface area (Å²) in [5, 5.41) is 8.27. The van der Waals surface area contributed by atoms with Gasteiger partial charge in [-0.3, -0.25) is 4.79 Å². The highest BCUT2D eigenvalue weighted by molar-refractivity contribution is 5.87. The number of ether oxygens (including phenoxy) is 1. The normalized spacial score (nSPS) is 24.8. The van der Waals surface area contributed by atoms with E-state index >= 15 is 0 Å². The van der Waals surface area contributed by atoms with Gasteiger partial charge in [0, 0.05) is 6.08 Å². The fourth-order valence-electron chi connectivity index (χ4n) is 0.872. The number of rotatable bonds is 2. The number of carboxylic acids is 1. The highest BCUT2D eigenvalue weighted by atomic mass is 16.5. The number of carbonyl (C=O) groups is 2. The molecule has 4 heteroatoms. The Bertz CT molecular complexity index is 229. The Hall–Kier alpha value is -1.32. The molecule has 0 bridgehead atoms. The molecule has 4 nitrogen and oxygen atoms in total. The van der Waals surface area contributed by atoms with Crippen molar-refractivity contribution < 1.29 is 19.4 Å². The lowest BCUT2D eigenvalue weighted by molar-refractivity contribution is -0.141. The number of hydrogen-bond acceptors (Lipinski definition) is 3. The van der Waals surface area contributed by atoms with Crippen LogP contribution in [0.1, 0.15) is 6.42 Å². The summed E-state index contributed by atoms with van der Waals surface area (Å²) in [5.74, 6) is -1.65. The summed E-state index contributed by atoms with van der Waals surface area (Å²) < 4.78 is 4.41. The van der Waals surface area contributed by atoms with Gasteiger partial charge in [0.05, 0.1) is 13.0 Å². The minimum atomic E-state index is -1.01. The summed E-state index contributed by atoms with van der Waals surface area (Å²) in [5.41, 5.74) is 0.643. The molecule has 0 spiro atoms. The van der Waals surface area contributed by atoms with Crippen LogP contribution >= 0.6 is 0 Å². The second-order valence-electron chi connectivity index (χ2n) is 2.34. The quantitative estimate of drug-likeness (QED) is 0.458. The first kappa shape index (κ1) is 7.78. The van der Waals surface area contributed by atoms with Crippen molar-refractivity contribution in [1.29, 1.82) is 0 Å². The van der Waals surface area contributed by atoms with Crippen molar-refractivity contribution in [1.82, 2.24) is 0 Å². The molecule has 1 atom stereocenters. The van der Waals surface area contributed by atoms with Crippen molar-refractivity contribution in [3.63, 3.8) is 0 Å². The zero-order chi connectivity index (χ0) is 8.43. The molecule has 0 radical (unpaired) electrons. The molecule has 1 N–H and O–H groups in total. The molecule has 1 saturated carbocycles. The molecular formula is C7H8O4. The van der Waals surface area contributed by atoms with E-state index in [0.29, 0.717) is 12.0 Å². The van der Waals surface area contributed by atoms with Crippen molar-refractivity contribution in [3.8, 4) is 0 Å². The highest BCUT2D eigenvalue weighted by Crippen LogP contribution is 2.38. The highest BCUT2D eigenvalue weighted by Gasteiger charge is 2.38. The third-order valence-corrected chi connectivity index (χ3v) is 1.52. The molecule has 0 aromatic rings. The molecule has 0 amide bonds. The average molecular weight is 156 g/mol. The van der Waals surface area contributed by atoms with Gasteiger partial charge in [0.15, 0.2) is 0 Å². The summed E-state index contributed by atoms with van der Waals surface area (Å²) in [7, 11) is 1.29. The van der Waals surface area contributed by atoms with Crippen molar-refractivity contribution in [2.75, 3.05) is 7.11 Å². The third-order valence-electron chi connectivity index (χ3n) is 1.52. The van der Waals surface area contributed by atoms with Crippen LogP contribution in [0.3, 0.4) is 0 Å². The molecule has 1 unspecified atom stereocenters. The van der Waals surface area contributed by atoms with Crippen LogP contribution in [0, 0.1) is 5.92 Å². The summed E-state index contributed by atoms with van der Waals surface area (Å²) in [6.07, 6.45) is 1.58. The lowest BCUT2D eigenvalue weighted by atomic mass is 10.4. The Morgan fingerprint density at radius 3 is 2.82 bits per heavy atom. The second-order valence-corrected chi connectivity index (χ2v) is 2.34. The summed E-state index contributed by atoms with van der Waals surface area (Å²) >= 11 is 0. The Kier molecular flexibility index (Phi) is 1.94. The Morgan fingerprint density at radius 2 is 2.36 bits per heavy atom. The zero-order valence-electron chi connectivity index (χ0n) is 6.03. The van der Waals surface area contributed by atoms with Crippen LogP contribution in [0.25, 0.3) is 0 Å². The molecule has 1 rings (SSSR count). The van der Waals surface area contributed by atoms with Crippen LogP contribution in [-0.4, -0.2) is 24.2 Å². The van der Waals surface area contributed by atoms with Crippen LogP contribution < -0.4 is 0 Å². The lowest BCUT2D eigenvalue weighted by Gasteiger charge is -1.90. The predicted molar refractivity (Wildman–Crippen MR) is 35.8 cm³/mol. The first-order valence-electron chi connectivity index (χ1n) is 3.16. The Morgan fingerprint density at radius 1 is 1.73 bits per heavy atom. The minimum absolute atomic E-state index is 0.295. The molecule has 1 fully saturated rings. The van der Waals surface area contributed by atoms with E-state index in [-0.39, 0.29) is 11.9 Å². The monoisotopic (exact) mass is 156 g/mol. The molecule has 0 aromatic carbocycles. The van der Waals surface area contributed by atoms with Crippen molar-refractivity contribution in [3.05, 3.63) is 11.6 Å². The molecule has 0 saturated heterocycles. The van der Waals surface area contributed by atoms with Gasteiger partial charge in [-0.1, -0.05) is 0 Å². The summed E-state index contributed by atoms with van der Waals surface area (Å²) in [6.45, 7) is 0. The third kappa shape index (κ3) is 1.80. The number of aliphatic carboxylic acids is 1. The zero-order valence-corrected chi connectivity index (χ0v) is 6.03. The van der Waals surface area contributed by atoms with Gasteiger partial charge in [0.2, 0.25) is 0 Å². The van der Waals surface area contributed by atoms with Crippen molar-refractivity contribution in [2.45, 2.75) is 6.42 Å². The van der Waals surface area contributed by atoms with E-state index in [0.717, 1.165) is 6.08 Å². The van der Waals surface area contributed by atoms with E-state index in [1.54, 1.807) is 0 Å². The average Bonchev–Trinajstić information content (AvgIpc) is 2.65. The summed E-state index contributed by atoms with van der Waals surface area (Å²) in [6, 6.07) is 0. The van der Waals surface area contributed by atoms with Crippen LogP contribution in [0.15, 0.2) is 11.6 Å². The van der Waals surface area contributed by atoms with Gasteiger partial charge in [0.25, 0.3) is 0 Å². The molecule has 0 heterocycles. The lowest BCUT2D eigenvalue weighted by Crippen LogP contribution is -2.02. The number of carbonyl (C=O) groups excluding carboxylic acids is 1. The van der Waals surface area contributed by atoms with E-state index in [4.69, 9.17) is 5.11 Å². The van der Waals surface area contributed by atoms with Crippen molar-refractivity contribution in [2.24, 2.45) is 5.92 Å². The van der Waals surface area contributed by atoms with Gasteiger partial charge >= 0.3 is 11.9 Å². The number of hydrogen-bond donors (Lipinski definition) is 1. The van der Waals surface area contributed by atoms with Crippen LogP contribution in [-0.2, 0) is 14.3 Å². The first-order chi connectivity index (χ1) is 5.15. The smallest absolute Gasteiger partial charge is 0.328 e. The van der Waals surface area contributed by atoms with E-state index in [1.807, 2.05) is 0 Å². The maximum absolute atomic E-state index is 10.7. The Labute approximate surface area is 63.5 Å². The van der Waals surface area contributed by atoms with E-state index in [1.165, 1.54) is 7.11 Å². The summed E-state index contributed by atoms with van der Waals surface area (Å²) in [4.78, 5) is 20.8. The molecule has 1 aliphatic rings. The van der Waals surface area contributed by atoms with Crippen LogP contribution in [0.2, 0.25) is 0 Å². The van der Waals surface area contributed by atoms with Crippen LogP contribution in [0.4, 0.5) is 0 Å². The fourth-order valence-corrected chi connectivity index (χ4v) is 0.872. The standard InChI is InChI=1S/C7H8O4/c1-11-7(10)5-2-4(5)3-6(8)9/h3,5H,2H2,1H3,(H,8,9)/b4-3-. The minimum Gasteiger partial charge on any atom is -0.478 e. The number of esters is 1. The topological polar surface area (TPSA) is 63.6 Å². The van der Waals surface area contributed by atoms with E-state index in [9.17, 15) is 9.59 Å². The molecule has 0 aliphatic heterocycles. The van der Waals surface area contributed by atoms with Gasteiger partial charge in [0.1, 0.15) is 0 Å². The Balaban J connectivity index is 2.49. The number of methoxy groups -OCH3 is 1. The van der Waals surface area contributed by atoms with E-state index in [2.05, 4.69) is 4.74 Å². The van der Waals surface area contributed by atoms with Gasteiger partial charge < -0.3 is 9.84 Å². The molecule has 60 valence electrons. The first-order valence-corrected chi connectivity index (χ1v) is 3.16. The molecule has 11 heavy (non-hydrogen) atoms. The number of carboxylic acid groups (broad SMARTS) is 1. The van der Waals surface area contributed by atoms with Gasteiger partial charge in [-0.05, 0) is 12.0 Å². The largest absolute Gasteiger partial charge is 0.478 e. The molecule has 1 aliphatic carbocycles. The van der Waals surface area contributed by atoms with Gasteiger partial charge in [-0.2, -0.15) is 0 Å².